The third kappa shape index (κ3) is 4.37. The van der Waals surface area contributed by atoms with E-state index in [0.29, 0.717) is 6.04 Å². The maximum absolute atomic E-state index is 5.65. The highest BCUT2D eigenvalue weighted by Gasteiger charge is 2.22. The summed E-state index contributed by atoms with van der Waals surface area (Å²) < 4.78 is 5.65. The van der Waals surface area contributed by atoms with Crippen LogP contribution in [0.15, 0.2) is 18.2 Å². The van der Waals surface area contributed by atoms with Crippen LogP contribution in [-0.2, 0) is 6.54 Å². The number of methoxy groups -OCH3 is 1. The highest BCUT2D eigenvalue weighted by Crippen LogP contribution is 2.31. The first kappa shape index (κ1) is 17.1. The fourth-order valence-electron chi connectivity index (χ4n) is 3.11. The van der Waals surface area contributed by atoms with Crippen LogP contribution in [0, 0.1) is 0 Å². The van der Waals surface area contributed by atoms with Gasteiger partial charge in [-0.2, -0.15) is 0 Å². The van der Waals surface area contributed by atoms with Gasteiger partial charge < -0.3 is 19.9 Å². The maximum atomic E-state index is 5.65. The predicted octanol–water partition coefficient (Wildman–Crippen LogP) is 2.73. The van der Waals surface area contributed by atoms with E-state index in [1.165, 1.54) is 37.2 Å². The van der Waals surface area contributed by atoms with Crippen LogP contribution in [0.4, 0.5) is 5.69 Å². The Kier molecular flexibility index (Phi) is 6.52. The second kappa shape index (κ2) is 8.39. The number of rotatable bonds is 7. The van der Waals surface area contributed by atoms with Crippen LogP contribution in [0.2, 0.25) is 0 Å². The van der Waals surface area contributed by atoms with E-state index in [1.54, 1.807) is 7.11 Å². The predicted molar refractivity (Wildman–Crippen MR) is 93.9 cm³/mol. The third-order valence-electron chi connectivity index (χ3n) is 4.62. The molecule has 0 spiro atoms. The van der Waals surface area contributed by atoms with E-state index in [9.17, 15) is 0 Å². The first-order chi connectivity index (χ1) is 10.7. The van der Waals surface area contributed by atoms with Crippen LogP contribution in [-0.4, -0.2) is 51.8 Å². The minimum Gasteiger partial charge on any atom is -0.495 e. The van der Waals surface area contributed by atoms with Crippen LogP contribution >= 0.6 is 0 Å². The largest absolute Gasteiger partial charge is 0.495 e. The van der Waals surface area contributed by atoms with E-state index >= 15 is 0 Å². The Morgan fingerprint density at radius 3 is 2.68 bits per heavy atom. The number of hydrogen-bond acceptors (Lipinski definition) is 4. The molecule has 0 amide bonds. The molecule has 0 bridgehead atoms. The molecule has 0 unspecified atom stereocenters. The van der Waals surface area contributed by atoms with E-state index in [4.69, 9.17) is 4.74 Å². The first-order valence-electron chi connectivity index (χ1n) is 8.44. The van der Waals surface area contributed by atoms with Gasteiger partial charge in [-0.15, -0.1) is 0 Å². The Labute approximate surface area is 135 Å². The Morgan fingerprint density at radius 2 is 2.05 bits per heavy atom. The molecule has 1 aromatic rings. The average molecular weight is 305 g/mol. The molecule has 0 saturated carbocycles. The highest BCUT2D eigenvalue weighted by atomic mass is 16.5. The van der Waals surface area contributed by atoms with Gasteiger partial charge in [0, 0.05) is 19.6 Å². The second-order valence-electron chi connectivity index (χ2n) is 6.33. The van der Waals surface area contributed by atoms with Crippen molar-refractivity contribution in [3.8, 4) is 5.75 Å². The Hall–Kier alpha value is -1.26. The summed E-state index contributed by atoms with van der Waals surface area (Å²) in [5, 5.41) is 3.44. The summed E-state index contributed by atoms with van der Waals surface area (Å²) in [4.78, 5) is 4.80. The van der Waals surface area contributed by atoms with Crippen molar-refractivity contribution in [3.05, 3.63) is 23.8 Å². The maximum Gasteiger partial charge on any atom is 0.142 e. The zero-order chi connectivity index (χ0) is 15.9. The van der Waals surface area contributed by atoms with Crippen LogP contribution in [0.3, 0.4) is 0 Å². The zero-order valence-electron chi connectivity index (χ0n) is 14.6. The number of nitrogens with one attached hydrogen (secondary N) is 1. The SMILES string of the molecule is CCCNCc1ccc(N(C)C2CCN(C)CC2)c(OC)c1. The molecule has 0 atom stereocenters. The number of ether oxygens (including phenoxy) is 1. The standard InChI is InChI=1S/C18H31N3O/c1-5-10-19-14-15-6-7-17(18(13-15)22-4)21(3)16-8-11-20(2)12-9-16/h6-7,13,16,19H,5,8-12,14H2,1-4H3. The lowest BCUT2D eigenvalue weighted by molar-refractivity contribution is 0.252. The van der Waals surface area contributed by atoms with Gasteiger partial charge in [0.15, 0.2) is 0 Å². The first-order valence-corrected chi connectivity index (χ1v) is 8.44. The van der Waals surface area contributed by atoms with E-state index in [2.05, 4.69) is 54.3 Å². The van der Waals surface area contributed by atoms with Gasteiger partial charge in [0.05, 0.1) is 12.8 Å². The van der Waals surface area contributed by atoms with Gasteiger partial charge in [-0.25, -0.2) is 0 Å². The summed E-state index contributed by atoms with van der Waals surface area (Å²) in [6.45, 7) is 6.50. The number of piperidine rings is 1. The van der Waals surface area contributed by atoms with Crippen molar-refractivity contribution in [2.75, 3.05) is 45.7 Å². The summed E-state index contributed by atoms with van der Waals surface area (Å²) in [5.41, 5.74) is 2.49. The van der Waals surface area contributed by atoms with Gasteiger partial charge in [-0.05, 0) is 63.6 Å². The quantitative estimate of drug-likeness (QED) is 0.784. The number of nitrogens with zero attached hydrogens (tertiary/aromatic N) is 2. The van der Waals surface area contributed by atoms with Crippen LogP contribution in [0.25, 0.3) is 0 Å². The number of hydrogen-bond donors (Lipinski definition) is 1. The van der Waals surface area contributed by atoms with E-state index < -0.39 is 0 Å². The molecule has 0 aliphatic carbocycles. The molecule has 4 nitrogen and oxygen atoms in total. The molecule has 22 heavy (non-hydrogen) atoms. The lowest BCUT2D eigenvalue weighted by Gasteiger charge is -2.37. The number of benzene rings is 1. The monoisotopic (exact) mass is 305 g/mol. The minimum atomic E-state index is 0.606. The molecule has 1 heterocycles. The van der Waals surface area contributed by atoms with Crippen molar-refractivity contribution in [2.45, 2.75) is 38.8 Å². The minimum absolute atomic E-state index is 0.606. The molecule has 1 saturated heterocycles. The van der Waals surface area contributed by atoms with E-state index in [0.717, 1.165) is 25.3 Å². The van der Waals surface area contributed by atoms with Crippen LogP contribution in [0.1, 0.15) is 31.7 Å². The van der Waals surface area contributed by atoms with Crippen molar-refractivity contribution in [3.63, 3.8) is 0 Å². The van der Waals surface area contributed by atoms with Crippen molar-refractivity contribution in [1.29, 1.82) is 0 Å². The third-order valence-corrected chi connectivity index (χ3v) is 4.62. The second-order valence-corrected chi connectivity index (χ2v) is 6.33. The Bertz CT molecular complexity index is 456. The van der Waals surface area contributed by atoms with E-state index in [1.807, 2.05) is 0 Å². The van der Waals surface area contributed by atoms with Gasteiger partial charge in [0.2, 0.25) is 0 Å². The molecule has 1 aliphatic rings. The lowest BCUT2D eigenvalue weighted by atomic mass is 10.0. The Balaban J connectivity index is 2.06. The zero-order valence-corrected chi connectivity index (χ0v) is 14.6. The number of likely N-dealkylation sites (tertiary alicyclic amines) is 1. The summed E-state index contributed by atoms with van der Waals surface area (Å²) in [6, 6.07) is 7.20. The topological polar surface area (TPSA) is 27.7 Å². The van der Waals surface area contributed by atoms with Gasteiger partial charge >= 0.3 is 0 Å². The van der Waals surface area contributed by atoms with Crippen LogP contribution in [0.5, 0.6) is 5.75 Å². The average Bonchev–Trinajstić information content (AvgIpc) is 2.55. The lowest BCUT2D eigenvalue weighted by Crippen LogP contribution is -2.42. The molecule has 2 rings (SSSR count). The summed E-state index contributed by atoms with van der Waals surface area (Å²) >= 11 is 0. The molecule has 1 aromatic carbocycles. The molecular formula is C18H31N3O. The van der Waals surface area contributed by atoms with Crippen molar-refractivity contribution < 1.29 is 4.74 Å². The molecule has 1 aliphatic heterocycles. The normalized spacial score (nSPS) is 16.7. The van der Waals surface area contributed by atoms with Gasteiger partial charge in [-0.1, -0.05) is 13.0 Å². The van der Waals surface area contributed by atoms with Crippen LogP contribution < -0.4 is 15.0 Å². The highest BCUT2D eigenvalue weighted by molar-refractivity contribution is 5.60. The summed E-state index contributed by atoms with van der Waals surface area (Å²) in [7, 11) is 6.17. The number of anilines is 1. The molecular weight excluding hydrogens is 274 g/mol. The smallest absolute Gasteiger partial charge is 0.142 e. The van der Waals surface area contributed by atoms with Gasteiger partial charge in [-0.3, -0.25) is 0 Å². The Morgan fingerprint density at radius 1 is 1.32 bits per heavy atom. The molecule has 0 radical (unpaired) electrons. The van der Waals surface area contributed by atoms with Crippen molar-refractivity contribution in [1.82, 2.24) is 10.2 Å². The molecule has 124 valence electrons. The molecule has 4 heteroatoms. The fourth-order valence-corrected chi connectivity index (χ4v) is 3.11. The van der Waals surface area contributed by atoms with Gasteiger partial charge in [0.1, 0.15) is 5.75 Å². The summed E-state index contributed by atoms with van der Waals surface area (Å²) in [5.74, 6) is 0.984. The summed E-state index contributed by atoms with van der Waals surface area (Å²) in [6.07, 6.45) is 3.60. The van der Waals surface area contributed by atoms with E-state index in [-0.39, 0.29) is 0 Å². The molecule has 0 aromatic heterocycles. The molecule has 1 N–H and O–H groups in total. The van der Waals surface area contributed by atoms with Crippen molar-refractivity contribution >= 4 is 5.69 Å². The van der Waals surface area contributed by atoms with Gasteiger partial charge in [0.25, 0.3) is 0 Å². The fraction of sp³-hybridized carbons (Fsp3) is 0.667. The molecule has 1 fully saturated rings. The van der Waals surface area contributed by atoms with Crippen molar-refractivity contribution in [2.24, 2.45) is 0 Å².